The van der Waals surface area contributed by atoms with Gasteiger partial charge in [-0.25, -0.2) is 0 Å². The third-order valence-electron chi connectivity index (χ3n) is 11.0. The van der Waals surface area contributed by atoms with Crippen LogP contribution < -0.4 is 0 Å². The van der Waals surface area contributed by atoms with Gasteiger partial charge in [0.2, 0.25) is 0 Å². The summed E-state index contributed by atoms with van der Waals surface area (Å²) < 4.78 is 0. The molecular formula is C26H44O4. The number of aldehydes is 1. The second-order valence-corrected chi connectivity index (χ2v) is 12.3. The van der Waals surface area contributed by atoms with Gasteiger partial charge in [-0.15, -0.1) is 0 Å². The van der Waals surface area contributed by atoms with Crippen LogP contribution in [0.1, 0.15) is 79.6 Å². The van der Waals surface area contributed by atoms with E-state index in [9.17, 15) is 20.1 Å². The number of aliphatic hydroxyl groups excluding tert-OH is 3. The fourth-order valence-electron chi connectivity index (χ4n) is 9.39. The summed E-state index contributed by atoms with van der Waals surface area (Å²) in [5, 5.41) is 33.5. The minimum atomic E-state index is -0.352. The van der Waals surface area contributed by atoms with E-state index in [4.69, 9.17) is 0 Å². The Balaban J connectivity index is 1.66. The molecule has 4 unspecified atom stereocenters. The lowest BCUT2D eigenvalue weighted by Crippen LogP contribution is -2.64. The number of rotatable bonds is 4. The molecule has 0 amide bonds. The summed E-state index contributed by atoms with van der Waals surface area (Å²) in [5.74, 6) is 2.30. The molecule has 0 spiro atoms. The summed E-state index contributed by atoms with van der Waals surface area (Å²) in [6.07, 6.45) is 6.58. The zero-order valence-electron chi connectivity index (χ0n) is 19.6. The maximum Gasteiger partial charge on any atom is 0.122 e. The van der Waals surface area contributed by atoms with Crippen LogP contribution in [0.15, 0.2) is 0 Å². The van der Waals surface area contributed by atoms with Crippen molar-refractivity contribution in [3.63, 3.8) is 0 Å². The minimum Gasteiger partial charge on any atom is -0.393 e. The molecule has 4 aliphatic carbocycles. The Morgan fingerprint density at radius 1 is 1.00 bits per heavy atom. The van der Waals surface area contributed by atoms with E-state index in [-0.39, 0.29) is 46.9 Å². The van der Waals surface area contributed by atoms with Crippen molar-refractivity contribution in [2.24, 2.45) is 58.2 Å². The highest BCUT2D eigenvalue weighted by Crippen LogP contribution is 2.69. The van der Waals surface area contributed by atoms with Crippen molar-refractivity contribution in [2.45, 2.75) is 97.9 Å². The molecule has 3 N–H and O–H groups in total. The lowest BCUT2D eigenvalue weighted by atomic mass is 9.41. The average molecular weight is 421 g/mol. The highest BCUT2D eigenvalue weighted by molar-refractivity contribution is 5.52. The van der Waals surface area contributed by atoms with Gasteiger partial charge in [-0.3, -0.25) is 0 Å². The average Bonchev–Trinajstić information content (AvgIpc) is 3.06. The molecule has 4 saturated carbocycles. The third kappa shape index (κ3) is 3.15. The predicted octanol–water partition coefficient (Wildman–Crippen LogP) is 4.06. The van der Waals surface area contributed by atoms with E-state index in [0.29, 0.717) is 29.6 Å². The maximum atomic E-state index is 11.6. The van der Waals surface area contributed by atoms with E-state index >= 15 is 0 Å². The van der Waals surface area contributed by atoms with Crippen LogP contribution in [0.2, 0.25) is 0 Å². The highest BCUT2D eigenvalue weighted by Gasteiger charge is 2.67. The molecule has 4 nitrogen and oxygen atoms in total. The largest absolute Gasteiger partial charge is 0.393 e. The van der Waals surface area contributed by atoms with Gasteiger partial charge in [-0.05, 0) is 97.2 Å². The van der Waals surface area contributed by atoms with Gasteiger partial charge in [0.25, 0.3) is 0 Å². The number of fused-ring (bicyclic) bond motifs is 5. The SMILES string of the molecule is C[C@H](C=O)C[C@@H](C)[C@H]1CCC2C3C(C[C@H](O)[C@@]21C)[C@@]1(C)CC[C@@H](O)CC1[C@@H](C)[C@@H]3O. The Morgan fingerprint density at radius 2 is 1.70 bits per heavy atom. The van der Waals surface area contributed by atoms with Crippen molar-refractivity contribution >= 4 is 6.29 Å². The van der Waals surface area contributed by atoms with Gasteiger partial charge in [0.05, 0.1) is 18.3 Å². The Bertz CT molecular complexity index is 651. The van der Waals surface area contributed by atoms with Crippen LogP contribution in [0.3, 0.4) is 0 Å². The first-order valence-electron chi connectivity index (χ1n) is 12.5. The topological polar surface area (TPSA) is 77.8 Å². The molecule has 0 aromatic rings. The molecule has 4 rings (SSSR count). The van der Waals surface area contributed by atoms with Crippen molar-refractivity contribution in [1.29, 1.82) is 0 Å². The van der Waals surface area contributed by atoms with Crippen LogP contribution >= 0.6 is 0 Å². The first kappa shape index (κ1) is 22.7. The molecule has 30 heavy (non-hydrogen) atoms. The second kappa shape index (κ2) is 7.85. The van der Waals surface area contributed by atoms with Crippen LogP contribution in [0.5, 0.6) is 0 Å². The number of carbonyl (C=O) groups excluding carboxylic acids is 1. The molecule has 0 aromatic carbocycles. The van der Waals surface area contributed by atoms with E-state index in [1.807, 2.05) is 6.92 Å². The molecule has 0 bridgehead atoms. The number of hydrogen-bond donors (Lipinski definition) is 3. The molecule has 4 fully saturated rings. The fourth-order valence-corrected chi connectivity index (χ4v) is 9.39. The summed E-state index contributed by atoms with van der Waals surface area (Å²) in [7, 11) is 0. The molecular weight excluding hydrogens is 376 g/mol. The Morgan fingerprint density at radius 3 is 2.37 bits per heavy atom. The summed E-state index contributed by atoms with van der Waals surface area (Å²) in [6, 6.07) is 0. The summed E-state index contributed by atoms with van der Waals surface area (Å²) >= 11 is 0. The van der Waals surface area contributed by atoms with Gasteiger partial charge in [0.15, 0.2) is 0 Å². The van der Waals surface area contributed by atoms with Gasteiger partial charge in [-0.2, -0.15) is 0 Å². The maximum absolute atomic E-state index is 11.6. The molecule has 0 aromatic heterocycles. The van der Waals surface area contributed by atoms with Crippen LogP contribution in [0.4, 0.5) is 0 Å². The zero-order valence-corrected chi connectivity index (χ0v) is 19.6. The van der Waals surface area contributed by atoms with Crippen LogP contribution in [-0.2, 0) is 4.79 Å². The molecule has 0 radical (unpaired) electrons. The normalized spacial score (nSPS) is 55.1. The van der Waals surface area contributed by atoms with E-state index in [1.54, 1.807) is 0 Å². The van der Waals surface area contributed by atoms with Gasteiger partial charge < -0.3 is 20.1 Å². The summed E-state index contributed by atoms with van der Waals surface area (Å²) in [6.45, 7) is 11.1. The molecule has 4 aliphatic rings. The van der Waals surface area contributed by atoms with E-state index < -0.39 is 0 Å². The van der Waals surface area contributed by atoms with E-state index in [2.05, 4.69) is 27.7 Å². The Hall–Kier alpha value is -0.450. The van der Waals surface area contributed by atoms with Crippen LogP contribution in [0.25, 0.3) is 0 Å². The number of carbonyl (C=O) groups is 1. The number of hydrogen-bond acceptors (Lipinski definition) is 4. The van der Waals surface area contributed by atoms with Gasteiger partial charge >= 0.3 is 0 Å². The second-order valence-electron chi connectivity index (χ2n) is 12.3. The van der Waals surface area contributed by atoms with Crippen molar-refractivity contribution < 1.29 is 20.1 Å². The summed E-state index contributed by atoms with van der Waals surface area (Å²) in [4.78, 5) is 11.2. The van der Waals surface area contributed by atoms with Crippen molar-refractivity contribution in [3.8, 4) is 0 Å². The van der Waals surface area contributed by atoms with Crippen LogP contribution in [0, 0.1) is 58.2 Å². The molecule has 172 valence electrons. The predicted molar refractivity (Wildman–Crippen MR) is 118 cm³/mol. The molecule has 0 saturated heterocycles. The smallest absolute Gasteiger partial charge is 0.122 e. The zero-order chi connectivity index (χ0) is 22.0. The molecule has 13 atom stereocenters. The van der Waals surface area contributed by atoms with E-state index in [0.717, 1.165) is 51.2 Å². The minimum absolute atomic E-state index is 0.0600. The molecule has 0 heterocycles. The fraction of sp³-hybridized carbons (Fsp3) is 0.962. The third-order valence-corrected chi connectivity index (χ3v) is 11.0. The van der Waals surface area contributed by atoms with Crippen LogP contribution in [-0.4, -0.2) is 39.9 Å². The van der Waals surface area contributed by atoms with Crippen molar-refractivity contribution in [2.75, 3.05) is 0 Å². The van der Waals surface area contributed by atoms with Crippen molar-refractivity contribution in [1.82, 2.24) is 0 Å². The monoisotopic (exact) mass is 420 g/mol. The first-order valence-corrected chi connectivity index (χ1v) is 12.5. The highest BCUT2D eigenvalue weighted by atomic mass is 16.3. The quantitative estimate of drug-likeness (QED) is 0.600. The Kier molecular flexibility index (Phi) is 5.95. The van der Waals surface area contributed by atoms with Crippen molar-refractivity contribution in [3.05, 3.63) is 0 Å². The number of aliphatic hydroxyl groups is 3. The summed E-state index contributed by atoms with van der Waals surface area (Å²) in [5.41, 5.74) is -0.0815. The Labute approximate surface area is 182 Å². The van der Waals surface area contributed by atoms with Gasteiger partial charge in [0.1, 0.15) is 6.29 Å². The lowest BCUT2D eigenvalue weighted by Gasteiger charge is -2.65. The van der Waals surface area contributed by atoms with Gasteiger partial charge in [-0.1, -0.05) is 34.6 Å². The first-order chi connectivity index (χ1) is 14.1. The molecule has 4 heteroatoms. The molecule has 0 aliphatic heterocycles. The lowest BCUT2D eigenvalue weighted by molar-refractivity contribution is -0.225. The standard InChI is InChI=1S/C26H44O4/c1-14(13-27)10-15(2)18-6-7-19-23-21(12-22(29)26(18,19)5)25(4)9-8-17(28)11-20(25)16(3)24(23)30/h13-24,28-30H,6-12H2,1-5H3/t14-,15+,16+,17+,18+,19?,20?,21?,22-,23?,24-,25-,26+/m0/s1. The van der Waals surface area contributed by atoms with Gasteiger partial charge in [0, 0.05) is 5.92 Å². The van der Waals surface area contributed by atoms with E-state index in [1.165, 1.54) is 0 Å².